The molecule has 0 amide bonds. The molecule has 0 radical (unpaired) electrons. The number of nitrogens with two attached hydrogens (primary N) is 1. The van der Waals surface area contributed by atoms with Crippen LogP contribution in [0, 0.1) is 4.91 Å². The van der Waals surface area contributed by atoms with Crippen LogP contribution >= 0.6 is 11.8 Å². The molecule has 1 aliphatic carbocycles. The molecule has 3 N–H and O–H groups in total. The van der Waals surface area contributed by atoms with Crippen molar-refractivity contribution in [3.8, 4) is 0 Å². The third kappa shape index (κ3) is 2.07. The predicted molar refractivity (Wildman–Crippen MR) is 92.3 cm³/mol. The van der Waals surface area contributed by atoms with Crippen molar-refractivity contribution in [3.05, 3.63) is 58.7 Å². The van der Waals surface area contributed by atoms with Crippen LogP contribution in [0.15, 0.2) is 47.5 Å². The van der Waals surface area contributed by atoms with Gasteiger partial charge in [0.15, 0.2) is 0 Å². The number of carbonyl (C=O) groups excluding carboxylic acids is 1. The first-order chi connectivity index (χ1) is 11.6. The Kier molecular flexibility index (Phi) is 3.27. The van der Waals surface area contributed by atoms with Crippen LogP contribution in [0.1, 0.15) is 16.1 Å². The molecule has 0 saturated carbocycles. The van der Waals surface area contributed by atoms with Crippen molar-refractivity contribution in [2.45, 2.75) is 11.3 Å². The maximum atomic E-state index is 12.5. The molecule has 0 bridgehead atoms. The highest BCUT2D eigenvalue weighted by atomic mass is 32.2. The summed E-state index contributed by atoms with van der Waals surface area (Å²) in [5.74, 6) is -0.137. The Balaban J connectivity index is 1.96. The molecular weight excluding hydrogens is 328 g/mol. The number of benzene rings is 1. The fraction of sp³-hybridized carbons (Fsp3) is 0.125. The second-order valence-electron chi connectivity index (χ2n) is 5.48. The quantitative estimate of drug-likeness (QED) is 0.490. The van der Waals surface area contributed by atoms with Crippen LogP contribution in [0.2, 0.25) is 0 Å². The molecule has 120 valence electrons. The van der Waals surface area contributed by atoms with Crippen molar-refractivity contribution in [3.63, 3.8) is 0 Å². The Morgan fingerprint density at radius 2 is 2.12 bits per heavy atom. The summed E-state index contributed by atoms with van der Waals surface area (Å²) in [5, 5.41) is 11.2. The van der Waals surface area contributed by atoms with Crippen LogP contribution in [-0.4, -0.2) is 32.6 Å². The number of allylic oxidation sites excluding steroid dienone is 2. The van der Waals surface area contributed by atoms with Crippen LogP contribution in [-0.2, 0) is 0 Å². The second-order valence-corrected chi connectivity index (χ2v) is 6.65. The number of hydrogen-bond acceptors (Lipinski definition) is 6. The number of rotatable bonds is 2. The smallest absolute Gasteiger partial charge is 0.348 e. The lowest BCUT2D eigenvalue weighted by Gasteiger charge is -2.11. The predicted octanol–water partition coefficient (Wildman–Crippen LogP) is 1.54. The fourth-order valence-corrected chi connectivity index (χ4v) is 4.03. The first-order valence-corrected chi connectivity index (χ1v) is 8.13. The molecule has 1 aliphatic heterocycles. The highest BCUT2D eigenvalue weighted by Gasteiger charge is 2.34. The zero-order chi connectivity index (χ0) is 16.8. The van der Waals surface area contributed by atoms with Gasteiger partial charge in [0.1, 0.15) is 16.8 Å². The summed E-state index contributed by atoms with van der Waals surface area (Å²) >= 11 is 1.43. The molecule has 2 heterocycles. The zero-order valence-electron chi connectivity index (χ0n) is 12.4. The fourth-order valence-electron chi connectivity index (χ4n) is 2.82. The molecule has 4 rings (SSSR count). The highest BCUT2D eigenvalue weighted by Crippen LogP contribution is 2.35. The normalized spacial score (nSPS) is 21.8. The first kappa shape index (κ1) is 14.7. The molecule has 7 nitrogen and oxygen atoms in total. The van der Waals surface area contributed by atoms with Gasteiger partial charge in [-0.05, 0) is 18.2 Å². The monoisotopic (exact) mass is 341 g/mol. The lowest BCUT2D eigenvalue weighted by molar-refractivity contribution is -0.448. The summed E-state index contributed by atoms with van der Waals surface area (Å²) < 4.78 is 1.38. The van der Waals surface area contributed by atoms with Gasteiger partial charge in [0.05, 0.1) is 11.3 Å². The summed E-state index contributed by atoms with van der Waals surface area (Å²) in [6.45, 7) is 0. The summed E-state index contributed by atoms with van der Waals surface area (Å²) in [6.07, 6.45) is 8.47. The van der Waals surface area contributed by atoms with E-state index in [9.17, 15) is 14.9 Å². The van der Waals surface area contributed by atoms with E-state index in [0.29, 0.717) is 21.3 Å². The van der Waals surface area contributed by atoms with Crippen LogP contribution in [0.25, 0.3) is 11.0 Å². The standard InChI is InChI=1S/C16H13N4O3S/c17-15-14(16-18-10-3-1-2-4-13(10)24-16)19(22)12-7-9(8-21)5-6-11(12)20(15)23/h1-8,10,13,22H,17H2/q+1/t10-,13+/m0/s1. The number of nitrogen functional groups attached to an aromatic ring is 1. The zero-order valence-corrected chi connectivity index (χ0v) is 13.2. The Hall–Kier alpha value is -2.87. The SMILES string of the molecule is Nc1c(C2=N[C@H]3C=CC=C[C@H]3S2)n(O)c2cc(C=O)ccc2[n+]1=O. The first-order valence-electron chi connectivity index (χ1n) is 7.25. The van der Waals surface area contributed by atoms with Crippen LogP contribution in [0.5, 0.6) is 0 Å². The number of nitrogens with zero attached hydrogens (tertiary/aromatic N) is 3. The van der Waals surface area contributed by atoms with Crippen molar-refractivity contribution >= 4 is 39.9 Å². The van der Waals surface area contributed by atoms with Gasteiger partial charge >= 0.3 is 5.82 Å². The maximum Gasteiger partial charge on any atom is 0.348 e. The lowest BCUT2D eigenvalue weighted by atomic mass is 10.1. The van der Waals surface area contributed by atoms with E-state index in [0.717, 1.165) is 4.73 Å². The average Bonchev–Trinajstić information content (AvgIpc) is 3.03. The molecular formula is C16H13N4O3S+. The Labute approximate surface area is 140 Å². The number of aliphatic imine (C=N–C) groups is 1. The molecule has 2 atom stereocenters. The number of hydrogen-bond donors (Lipinski definition) is 2. The van der Waals surface area contributed by atoms with Crippen molar-refractivity contribution in [2.24, 2.45) is 4.99 Å². The molecule has 24 heavy (non-hydrogen) atoms. The van der Waals surface area contributed by atoms with Gasteiger partial charge < -0.3 is 5.21 Å². The third-order valence-corrected chi connectivity index (χ3v) is 5.26. The van der Waals surface area contributed by atoms with E-state index in [1.165, 1.54) is 30.0 Å². The molecule has 0 unspecified atom stereocenters. The summed E-state index contributed by atoms with van der Waals surface area (Å²) in [5.41, 5.74) is 6.82. The molecule has 0 fully saturated rings. The molecule has 8 heteroatoms. The number of anilines is 1. The number of carbonyl (C=O) groups is 1. The van der Waals surface area contributed by atoms with E-state index in [2.05, 4.69) is 4.99 Å². The molecule has 1 aromatic carbocycles. The Bertz CT molecular complexity index is 1020. The van der Waals surface area contributed by atoms with E-state index in [-0.39, 0.29) is 33.8 Å². The molecule has 2 aliphatic rings. The van der Waals surface area contributed by atoms with Crippen molar-refractivity contribution in [1.82, 2.24) is 4.73 Å². The van der Waals surface area contributed by atoms with Gasteiger partial charge in [0.25, 0.3) is 0 Å². The largest absolute Gasteiger partial charge is 0.427 e. The lowest BCUT2D eigenvalue weighted by Crippen LogP contribution is -2.28. The van der Waals surface area contributed by atoms with Gasteiger partial charge in [0.2, 0.25) is 11.2 Å². The topological polar surface area (TPSA) is 104 Å². The summed E-state index contributed by atoms with van der Waals surface area (Å²) in [6, 6.07) is 4.33. The minimum atomic E-state index is -0.137. The van der Waals surface area contributed by atoms with Crippen LogP contribution < -0.4 is 10.2 Å². The van der Waals surface area contributed by atoms with Crippen molar-refractivity contribution in [2.75, 3.05) is 5.73 Å². The Morgan fingerprint density at radius 1 is 1.33 bits per heavy atom. The number of aromatic nitrogens is 2. The van der Waals surface area contributed by atoms with E-state index in [4.69, 9.17) is 5.73 Å². The van der Waals surface area contributed by atoms with E-state index in [1.807, 2.05) is 24.3 Å². The van der Waals surface area contributed by atoms with Crippen molar-refractivity contribution in [1.29, 1.82) is 0 Å². The van der Waals surface area contributed by atoms with Gasteiger partial charge in [-0.3, -0.25) is 15.5 Å². The van der Waals surface area contributed by atoms with Crippen LogP contribution in [0.3, 0.4) is 0 Å². The number of aldehydes is 1. The Morgan fingerprint density at radius 3 is 2.88 bits per heavy atom. The van der Waals surface area contributed by atoms with E-state index < -0.39 is 0 Å². The van der Waals surface area contributed by atoms with Gasteiger partial charge in [-0.15, -0.1) is 0 Å². The second kappa shape index (κ2) is 5.34. The number of thioether (sulfide) groups is 1. The van der Waals surface area contributed by atoms with Crippen LogP contribution in [0.4, 0.5) is 5.82 Å². The van der Waals surface area contributed by atoms with Gasteiger partial charge in [-0.25, -0.2) is 0 Å². The van der Waals surface area contributed by atoms with Crippen molar-refractivity contribution < 1.29 is 14.4 Å². The third-order valence-electron chi connectivity index (χ3n) is 4.03. The van der Waals surface area contributed by atoms with E-state index in [1.54, 1.807) is 0 Å². The summed E-state index contributed by atoms with van der Waals surface area (Å²) in [7, 11) is 0. The summed E-state index contributed by atoms with van der Waals surface area (Å²) in [4.78, 5) is 28.0. The maximum absolute atomic E-state index is 12.5. The minimum absolute atomic E-state index is 0.0495. The van der Waals surface area contributed by atoms with Gasteiger partial charge in [0, 0.05) is 9.99 Å². The molecule has 1 aromatic heterocycles. The molecule has 0 saturated heterocycles. The molecule has 2 aromatic rings. The number of fused-ring (bicyclic) bond motifs is 2. The molecule has 0 spiro atoms. The average molecular weight is 341 g/mol. The van der Waals surface area contributed by atoms with Gasteiger partial charge in [-0.2, -0.15) is 4.73 Å². The van der Waals surface area contributed by atoms with E-state index >= 15 is 0 Å². The highest BCUT2D eigenvalue weighted by molar-refractivity contribution is 8.15. The minimum Gasteiger partial charge on any atom is -0.427 e. The van der Waals surface area contributed by atoms with Gasteiger partial charge in [-0.1, -0.05) is 41.0 Å².